The van der Waals surface area contributed by atoms with Gasteiger partial charge < -0.3 is 19.4 Å². The summed E-state index contributed by atoms with van der Waals surface area (Å²) in [4.78, 5) is 34.7. The van der Waals surface area contributed by atoms with Gasteiger partial charge in [-0.1, -0.05) is 11.8 Å². The number of esters is 1. The molecule has 0 amide bonds. The van der Waals surface area contributed by atoms with Crippen molar-refractivity contribution in [3.63, 3.8) is 0 Å². The number of pyridine rings is 1. The smallest absolute Gasteiger partial charge is 0.340 e. The Hall–Kier alpha value is -3.44. The van der Waals surface area contributed by atoms with Crippen LogP contribution in [-0.2, 0) is 11.8 Å². The summed E-state index contributed by atoms with van der Waals surface area (Å²) in [5, 5.41) is 9.77. The number of nitrogens with zero attached hydrogens (tertiary/aromatic N) is 3. The first-order valence-corrected chi connectivity index (χ1v) is 8.65. The number of nitrogens with one attached hydrogen (secondary N) is 1. The van der Waals surface area contributed by atoms with E-state index in [-0.39, 0.29) is 12.2 Å². The molecule has 3 aromatic heterocycles. The van der Waals surface area contributed by atoms with Gasteiger partial charge in [0.15, 0.2) is 0 Å². The maximum absolute atomic E-state index is 12.2. The fourth-order valence-corrected chi connectivity index (χ4v) is 2.54. The Bertz CT molecular complexity index is 1050. The lowest BCUT2D eigenvalue weighted by Gasteiger charge is -2.04. The Balaban J connectivity index is 0.000000397. The van der Waals surface area contributed by atoms with E-state index in [1.807, 2.05) is 0 Å². The van der Waals surface area contributed by atoms with Crippen molar-refractivity contribution >= 4 is 16.9 Å². The van der Waals surface area contributed by atoms with Crippen molar-refractivity contribution < 1.29 is 14.6 Å². The third kappa shape index (κ3) is 4.84. The Labute approximate surface area is 162 Å². The second kappa shape index (κ2) is 9.48. The molecule has 28 heavy (non-hydrogen) atoms. The van der Waals surface area contributed by atoms with Crippen LogP contribution in [0.15, 0.2) is 35.8 Å². The van der Waals surface area contributed by atoms with Gasteiger partial charge in [-0.2, -0.15) is 0 Å². The molecule has 0 aromatic carbocycles. The summed E-state index contributed by atoms with van der Waals surface area (Å²) in [6, 6.07) is 1.78. The minimum absolute atomic E-state index is 0.241. The Morgan fingerprint density at radius 3 is 2.57 bits per heavy atom. The zero-order valence-electron chi connectivity index (χ0n) is 16.2. The molecule has 0 saturated heterocycles. The minimum atomic E-state index is -0.807. The van der Waals surface area contributed by atoms with E-state index >= 15 is 0 Å². The lowest BCUT2D eigenvalue weighted by atomic mass is 10.1. The molecule has 8 heteroatoms. The van der Waals surface area contributed by atoms with Gasteiger partial charge in [-0.25, -0.2) is 14.8 Å². The van der Waals surface area contributed by atoms with E-state index in [1.165, 1.54) is 10.9 Å². The molecule has 0 saturated carbocycles. The molecular weight excluding hydrogens is 360 g/mol. The van der Waals surface area contributed by atoms with Crippen LogP contribution in [0.25, 0.3) is 10.9 Å². The number of aliphatic hydroxyl groups excluding tert-OH is 1. The first kappa shape index (κ1) is 20.9. The van der Waals surface area contributed by atoms with E-state index in [0.717, 1.165) is 0 Å². The molecule has 0 radical (unpaired) electrons. The average molecular weight is 382 g/mol. The maximum Gasteiger partial charge on any atom is 0.340 e. The van der Waals surface area contributed by atoms with E-state index in [1.54, 1.807) is 52.5 Å². The van der Waals surface area contributed by atoms with Crippen molar-refractivity contribution in [3.05, 3.63) is 58.2 Å². The molecule has 3 heterocycles. The Kier molecular flexibility index (Phi) is 7.07. The molecule has 8 nitrogen and oxygen atoms in total. The third-order valence-electron chi connectivity index (χ3n) is 3.69. The van der Waals surface area contributed by atoms with Crippen LogP contribution in [0.3, 0.4) is 0 Å². The standard InChI is InChI=1S/C16H18N2O4.C4H4N2/c1-5-22-16(21)12-10(3)17-14-13(12)11(7-6-9(2)19)8-18(4)15(14)20;1-2-5-4-6-3-1/h8-9,17,19H,5H2,1-4H3;1-4H/t9-;/m1./s1. The number of aromatic nitrogens is 4. The molecule has 0 aliphatic carbocycles. The molecular formula is C20H22N4O4. The van der Waals surface area contributed by atoms with Crippen molar-refractivity contribution in [2.75, 3.05) is 6.61 Å². The molecule has 1 atom stereocenters. The highest BCUT2D eigenvalue weighted by Gasteiger charge is 2.21. The third-order valence-corrected chi connectivity index (χ3v) is 3.69. The average Bonchev–Trinajstić information content (AvgIpc) is 3.03. The summed E-state index contributed by atoms with van der Waals surface area (Å²) in [7, 11) is 1.61. The number of carbonyl (C=O) groups excluding carboxylic acids is 1. The van der Waals surface area contributed by atoms with Crippen LogP contribution >= 0.6 is 0 Å². The largest absolute Gasteiger partial charge is 0.462 e. The molecule has 3 rings (SSSR count). The topological polar surface area (TPSA) is 110 Å². The number of carbonyl (C=O) groups is 1. The predicted octanol–water partition coefficient (Wildman–Crippen LogP) is 1.56. The maximum atomic E-state index is 12.2. The highest BCUT2D eigenvalue weighted by atomic mass is 16.5. The van der Waals surface area contributed by atoms with E-state index in [9.17, 15) is 14.7 Å². The molecule has 3 aromatic rings. The number of ether oxygens (including phenoxy) is 1. The molecule has 0 aliphatic heterocycles. The van der Waals surface area contributed by atoms with Crippen LogP contribution < -0.4 is 5.56 Å². The predicted molar refractivity (Wildman–Crippen MR) is 105 cm³/mol. The van der Waals surface area contributed by atoms with Crippen molar-refractivity contribution in [1.29, 1.82) is 0 Å². The lowest BCUT2D eigenvalue weighted by molar-refractivity contribution is 0.0528. The van der Waals surface area contributed by atoms with Crippen LogP contribution in [0.1, 0.15) is 35.5 Å². The summed E-state index contributed by atoms with van der Waals surface area (Å²) < 4.78 is 6.45. The van der Waals surface area contributed by atoms with Gasteiger partial charge >= 0.3 is 5.97 Å². The summed E-state index contributed by atoms with van der Waals surface area (Å²) in [5.74, 6) is 4.95. The summed E-state index contributed by atoms with van der Waals surface area (Å²) in [6.45, 7) is 5.21. The fourth-order valence-electron chi connectivity index (χ4n) is 2.54. The minimum Gasteiger partial charge on any atom is -0.462 e. The van der Waals surface area contributed by atoms with Crippen molar-refractivity contribution in [2.45, 2.75) is 26.9 Å². The number of aryl methyl sites for hydroxylation is 2. The number of aromatic amines is 1. The van der Waals surface area contributed by atoms with Gasteiger partial charge in [0.25, 0.3) is 5.56 Å². The summed E-state index contributed by atoms with van der Waals surface area (Å²) in [6.07, 6.45) is 5.62. The molecule has 0 spiro atoms. The van der Waals surface area contributed by atoms with Crippen LogP contribution in [0.4, 0.5) is 0 Å². The van der Waals surface area contributed by atoms with Gasteiger partial charge in [-0.3, -0.25) is 4.79 Å². The van der Waals surface area contributed by atoms with E-state index < -0.39 is 12.1 Å². The Morgan fingerprint density at radius 1 is 1.39 bits per heavy atom. The zero-order valence-corrected chi connectivity index (χ0v) is 16.2. The highest BCUT2D eigenvalue weighted by Crippen LogP contribution is 2.24. The van der Waals surface area contributed by atoms with Crippen LogP contribution in [0.5, 0.6) is 0 Å². The van der Waals surface area contributed by atoms with Gasteiger partial charge in [-0.15, -0.1) is 0 Å². The second-order valence-electron chi connectivity index (χ2n) is 5.90. The van der Waals surface area contributed by atoms with Crippen molar-refractivity contribution in [1.82, 2.24) is 19.5 Å². The summed E-state index contributed by atoms with van der Waals surface area (Å²) >= 11 is 0. The van der Waals surface area contributed by atoms with Crippen LogP contribution in [-0.4, -0.2) is 43.3 Å². The SMILES string of the molecule is CCOC(=O)c1c(C)[nH]c2c(=O)n(C)cc(C#C[C@@H](C)O)c12.c1cncnc1. The molecule has 0 bridgehead atoms. The fraction of sp³-hybridized carbons (Fsp3) is 0.300. The normalized spacial score (nSPS) is 11.0. The zero-order chi connectivity index (χ0) is 20.7. The Morgan fingerprint density at radius 2 is 2.07 bits per heavy atom. The number of aliphatic hydroxyl groups is 1. The number of H-pyrrole nitrogens is 1. The summed E-state index contributed by atoms with van der Waals surface area (Å²) in [5.41, 5.74) is 1.41. The van der Waals surface area contributed by atoms with Gasteiger partial charge in [0.05, 0.1) is 17.7 Å². The van der Waals surface area contributed by atoms with Gasteiger partial charge in [0.2, 0.25) is 0 Å². The quantitative estimate of drug-likeness (QED) is 0.514. The van der Waals surface area contributed by atoms with E-state index in [2.05, 4.69) is 26.8 Å². The van der Waals surface area contributed by atoms with Crippen LogP contribution in [0.2, 0.25) is 0 Å². The van der Waals surface area contributed by atoms with Crippen molar-refractivity contribution in [3.8, 4) is 11.8 Å². The second-order valence-corrected chi connectivity index (χ2v) is 5.90. The number of rotatable bonds is 2. The molecule has 0 fully saturated rings. The number of fused-ring (bicyclic) bond motifs is 1. The van der Waals surface area contributed by atoms with E-state index in [0.29, 0.717) is 27.7 Å². The highest BCUT2D eigenvalue weighted by molar-refractivity contribution is 6.07. The van der Waals surface area contributed by atoms with Gasteiger partial charge in [-0.05, 0) is 26.8 Å². The molecule has 0 unspecified atom stereocenters. The molecule has 146 valence electrons. The van der Waals surface area contributed by atoms with Crippen LogP contribution in [0, 0.1) is 18.8 Å². The number of hydrogen-bond acceptors (Lipinski definition) is 6. The first-order chi connectivity index (χ1) is 13.4. The van der Waals surface area contributed by atoms with Gasteiger partial charge in [0.1, 0.15) is 17.9 Å². The molecule has 2 N–H and O–H groups in total. The monoisotopic (exact) mass is 382 g/mol. The number of hydrogen-bond donors (Lipinski definition) is 2. The molecule has 0 aliphatic rings. The lowest BCUT2D eigenvalue weighted by Crippen LogP contribution is -2.17. The van der Waals surface area contributed by atoms with Crippen molar-refractivity contribution in [2.24, 2.45) is 7.05 Å². The van der Waals surface area contributed by atoms with Gasteiger partial charge in [0, 0.05) is 36.7 Å². The van der Waals surface area contributed by atoms with E-state index in [4.69, 9.17) is 4.74 Å². The first-order valence-electron chi connectivity index (χ1n) is 8.65.